The summed E-state index contributed by atoms with van der Waals surface area (Å²) in [6, 6.07) is 5.70. The number of esters is 2. The lowest BCUT2D eigenvalue weighted by Gasteiger charge is -2.51. The smallest absolute Gasteiger partial charge is 0.337 e. The minimum Gasteiger partial charge on any atom is -0.465 e. The summed E-state index contributed by atoms with van der Waals surface area (Å²) in [7, 11) is 1.38. The van der Waals surface area contributed by atoms with Crippen LogP contribution in [-0.2, 0) is 25.5 Å². The Balaban J connectivity index is 1.76. The number of hydrogen-bond acceptors (Lipinski definition) is 5. The molecular formula is C22H26O5. The van der Waals surface area contributed by atoms with Gasteiger partial charge in [-0.1, -0.05) is 13.0 Å². The van der Waals surface area contributed by atoms with Gasteiger partial charge in [-0.05, 0) is 60.8 Å². The predicted octanol–water partition coefficient (Wildman–Crippen LogP) is 3.44. The number of rotatable bonds is 2. The normalized spacial score (nSPS) is 34.3. The second-order valence-electron chi connectivity index (χ2n) is 8.47. The number of carbonyl (C=O) groups excluding carboxylic acids is 3. The van der Waals surface area contributed by atoms with Crippen LogP contribution in [0.25, 0.3) is 0 Å². The largest absolute Gasteiger partial charge is 0.465 e. The molecule has 5 atom stereocenters. The van der Waals surface area contributed by atoms with Crippen molar-refractivity contribution in [1.29, 1.82) is 0 Å². The molecule has 0 spiro atoms. The Bertz CT molecular complexity index is 813. The number of benzene rings is 1. The van der Waals surface area contributed by atoms with Crippen LogP contribution in [0, 0.1) is 17.3 Å². The molecule has 144 valence electrons. The summed E-state index contributed by atoms with van der Waals surface area (Å²) in [6.45, 7) is 3.50. The Kier molecular flexibility index (Phi) is 4.36. The molecule has 4 rings (SSSR count). The van der Waals surface area contributed by atoms with Gasteiger partial charge in [0.1, 0.15) is 11.9 Å². The Morgan fingerprint density at radius 2 is 1.96 bits per heavy atom. The zero-order chi connectivity index (χ0) is 19.3. The average Bonchev–Trinajstić information content (AvgIpc) is 2.94. The van der Waals surface area contributed by atoms with Gasteiger partial charge in [-0.3, -0.25) is 9.59 Å². The van der Waals surface area contributed by atoms with Crippen molar-refractivity contribution in [3.05, 3.63) is 34.9 Å². The summed E-state index contributed by atoms with van der Waals surface area (Å²) in [4.78, 5) is 36.3. The second-order valence-corrected chi connectivity index (χ2v) is 8.47. The van der Waals surface area contributed by atoms with Crippen LogP contribution in [-0.4, -0.2) is 30.9 Å². The molecule has 2 fully saturated rings. The van der Waals surface area contributed by atoms with E-state index in [2.05, 4.69) is 6.92 Å². The van der Waals surface area contributed by atoms with Gasteiger partial charge < -0.3 is 9.47 Å². The van der Waals surface area contributed by atoms with Crippen molar-refractivity contribution >= 4 is 17.7 Å². The highest BCUT2D eigenvalue weighted by Crippen LogP contribution is 2.60. The molecule has 0 heterocycles. The molecule has 0 saturated heterocycles. The van der Waals surface area contributed by atoms with Gasteiger partial charge in [-0.2, -0.15) is 0 Å². The van der Waals surface area contributed by atoms with E-state index in [1.807, 2.05) is 12.1 Å². The van der Waals surface area contributed by atoms with Gasteiger partial charge in [-0.25, -0.2) is 4.79 Å². The molecular weight excluding hydrogens is 344 g/mol. The molecule has 3 aliphatic carbocycles. The quantitative estimate of drug-likeness (QED) is 0.746. The fourth-order valence-electron chi connectivity index (χ4n) is 5.97. The van der Waals surface area contributed by atoms with Gasteiger partial charge in [0, 0.05) is 24.7 Å². The van der Waals surface area contributed by atoms with Crippen molar-refractivity contribution in [1.82, 2.24) is 0 Å². The topological polar surface area (TPSA) is 69.7 Å². The number of methoxy groups -OCH3 is 1. The summed E-state index contributed by atoms with van der Waals surface area (Å²) < 4.78 is 10.6. The average molecular weight is 370 g/mol. The van der Waals surface area contributed by atoms with Gasteiger partial charge in [0.05, 0.1) is 12.7 Å². The number of ketones is 1. The van der Waals surface area contributed by atoms with Crippen molar-refractivity contribution in [2.75, 3.05) is 7.11 Å². The maximum atomic E-state index is 12.6. The molecule has 1 aromatic carbocycles. The third kappa shape index (κ3) is 2.79. The minimum absolute atomic E-state index is 0.0910. The second kappa shape index (κ2) is 6.47. The molecule has 2 saturated carbocycles. The molecule has 27 heavy (non-hydrogen) atoms. The molecule has 0 amide bonds. The number of aryl methyl sites for hydroxylation is 1. The number of carbonyl (C=O) groups is 3. The first-order valence-corrected chi connectivity index (χ1v) is 9.77. The van der Waals surface area contributed by atoms with E-state index in [4.69, 9.17) is 9.47 Å². The molecule has 5 heteroatoms. The predicted molar refractivity (Wildman–Crippen MR) is 98.3 cm³/mol. The zero-order valence-corrected chi connectivity index (χ0v) is 16.1. The molecule has 1 unspecified atom stereocenters. The van der Waals surface area contributed by atoms with Crippen molar-refractivity contribution in [3.63, 3.8) is 0 Å². The third-order valence-electron chi connectivity index (χ3n) is 7.13. The maximum Gasteiger partial charge on any atom is 0.337 e. The van der Waals surface area contributed by atoms with E-state index in [1.54, 1.807) is 6.07 Å². The highest BCUT2D eigenvalue weighted by molar-refractivity contribution is 5.90. The Morgan fingerprint density at radius 1 is 1.19 bits per heavy atom. The van der Waals surface area contributed by atoms with Gasteiger partial charge in [-0.15, -0.1) is 0 Å². The van der Waals surface area contributed by atoms with E-state index in [1.165, 1.54) is 14.0 Å². The summed E-state index contributed by atoms with van der Waals surface area (Å²) in [5.41, 5.74) is 2.45. The fourth-order valence-corrected chi connectivity index (χ4v) is 5.97. The molecule has 3 aliphatic rings. The Labute approximate surface area is 159 Å². The van der Waals surface area contributed by atoms with E-state index in [9.17, 15) is 14.4 Å². The van der Waals surface area contributed by atoms with Crippen LogP contribution in [0.15, 0.2) is 18.2 Å². The van der Waals surface area contributed by atoms with Crippen LogP contribution < -0.4 is 0 Å². The minimum atomic E-state index is -0.384. The summed E-state index contributed by atoms with van der Waals surface area (Å²) in [6.07, 6.45) is 3.68. The van der Waals surface area contributed by atoms with E-state index in [0.29, 0.717) is 36.0 Å². The van der Waals surface area contributed by atoms with E-state index >= 15 is 0 Å². The summed E-state index contributed by atoms with van der Waals surface area (Å²) in [5.74, 6) is 0.438. The van der Waals surface area contributed by atoms with Gasteiger partial charge in [0.25, 0.3) is 0 Å². The molecule has 0 aromatic heterocycles. The SMILES string of the molecule is COC(=O)c1ccc2c(c1)CC[C@@H]1[C@@H]2C(OC(C)=O)C[C@]2(C)C(=O)CC[C@@H]12. The Morgan fingerprint density at radius 3 is 2.67 bits per heavy atom. The number of hydrogen-bond donors (Lipinski definition) is 0. The summed E-state index contributed by atoms with van der Waals surface area (Å²) in [5, 5.41) is 0. The van der Waals surface area contributed by atoms with Crippen LogP contribution >= 0.6 is 0 Å². The van der Waals surface area contributed by atoms with Crippen molar-refractivity contribution in [2.45, 2.75) is 58.0 Å². The molecule has 0 aliphatic heterocycles. The molecule has 5 nitrogen and oxygen atoms in total. The maximum absolute atomic E-state index is 12.6. The van der Waals surface area contributed by atoms with Gasteiger partial charge in [0.15, 0.2) is 0 Å². The van der Waals surface area contributed by atoms with Crippen LogP contribution in [0.3, 0.4) is 0 Å². The van der Waals surface area contributed by atoms with Gasteiger partial charge >= 0.3 is 11.9 Å². The highest BCUT2D eigenvalue weighted by atomic mass is 16.5. The van der Waals surface area contributed by atoms with E-state index in [-0.39, 0.29) is 29.4 Å². The van der Waals surface area contributed by atoms with E-state index in [0.717, 1.165) is 30.4 Å². The standard InChI is InChI=1S/C22H26O5/c1-12(23)27-18-11-22(2)17(8-9-19(22)24)16-7-4-13-10-14(21(25)26-3)5-6-15(13)20(16)18/h5-6,10,16-18,20H,4,7-9,11H2,1-3H3/t16-,17-,18?,20+,22-/m0/s1. The first kappa shape index (κ1) is 18.2. The zero-order valence-electron chi connectivity index (χ0n) is 16.1. The summed E-state index contributed by atoms with van der Waals surface area (Å²) >= 11 is 0. The van der Waals surface area contributed by atoms with Crippen LogP contribution in [0.5, 0.6) is 0 Å². The monoisotopic (exact) mass is 370 g/mol. The van der Waals surface area contributed by atoms with Crippen LogP contribution in [0.4, 0.5) is 0 Å². The fraction of sp³-hybridized carbons (Fsp3) is 0.591. The van der Waals surface area contributed by atoms with Crippen molar-refractivity contribution in [3.8, 4) is 0 Å². The Hall–Kier alpha value is -2.17. The lowest BCUT2D eigenvalue weighted by atomic mass is 9.54. The van der Waals surface area contributed by atoms with E-state index < -0.39 is 0 Å². The lowest BCUT2D eigenvalue weighted by molar-refractivity contribution is -0.158. The lowest BCUT2D eigenvalue weighted by Crippen LogP contribution is -2.50. The first-order valence-electron chi connectivity index (χ1n) is 9.77. The van der Waals surface area contributed by atoms with Gasteiger partial charge in [0.2, 0.25) is 0 Å². The van der Waals surface area contributed by atoms with Crippen LogP contribution in [0.1, 0.15) is 66.9 Å². The highest BCUT2D eigenvalue weighted by Gasteiger charge is 2.58. The molecule has 0 bridgehead atoms. The molecule has 0 N–H and O–H groups in total. The van der Waals surface area contributed by atoms with Crippen molar-refractivity contribution in [2.24, 2.45) is 17.3 Å². The number of Topliss-reactive ketones (excluding diaryl/α,β-unsaturated/α-hetero) is 1. The number of ether oxygens (including phenoxy) is 2. The molecule has 0 radical (unpaired) electrons. The first-order chi connectivity index (χ1) is 12.8. The molecule has 1 aromatic rings. The number of fused-ring (bicyclic) bond motifs is 5. The third-order valence-corrected chi connectivity index (χ3v) is 7.13. The van der Waals surface area contributed by atoms with Crippen molar-refractivity contribution < 1.29 is 23.9 Å². The van der Waals surface area contributed by atoms with Crippen LogP contribution in [0.2, 0.25) is 0 Å².